The molecule has 2 aromatic carbocycles. The molecule has 7 N–H and O–H groups in total. The van der Waals surface area contributed by atoms with Crippen LogP contribution in [0.3, 0.4) is 0 Å². The van der Waals surface area contributed by atoms with E-state index in [2.05, 4.69) is 88.1 Å². The van der Waals surface area contributed by atoms with E-state index in [4.69, 9.17) is 40.5 Å². The monoisotopic (exact) mass is 1400 g/mol. The molecule has 0 spiro atoms. The van der Waals surface area contributed by atoms with Crippen molar-refractivity contribution in [2.24, 2.45) is 27.9 Å². The van der Waals surface area contributed by atoms with E-state index in [1.54, 1.807) is 25.2 Å². The van der Waals surface area contributed by atoms with E-state index < -0.39 is 47.7 Å². The van der Waals surface area contributed by atoms with Crippen molar-refractivity contribution in [1.29, 1.82) is 0 Å². The van der Waals surface area contributed by atoms with Crippen LogP contribution in [-0.2, 0) is 53.0 Å². The first-order chi connectivity index (χ1) is 48.5. The number of primary amides is 1. The highest BCUT2D eigenvalue weighted by atomic mass is 32.1. The molecule has 14 rings (SSSR count). The van der Waals surface area contributed by atoms with Crippen LogP contribution in [0.15, 0.2) is 79.0 Å². The molecule has 8 amide bonds. The summed E-state index contributed by atoms with van der Waals surface area (Å²) in [4.78, 5) is 106. The molecular formula is C75H97N16O9S+. The Morgan fingerprint density at radius 3 is 2.25 bits per heavy atom. The predicted octanol–water partition coefficient (Wildman–Crippen LogP) is 9.32. The molecule has 8 aliphatic rings. The lowest BCUT2D eigenvalue weighted by molar-refractivity contribution is -0.930. The number of imide groups is 1. The maximum absolute atomic E-state index is 14.8. The number of thiazole rings is 1. The number of fused-ring (bicyclic) bond motifs is 2. The molecule has 0 radical (unpaired) electrons. The third-order valence-electron chi connectivity index (χ3n) is 22.1. The quantitative estimate of drug-likeness (QED) is 0.0145. The number of hydrogen-bond donors (Lipinski definition) is 6. The number of carbonyl (C=O) groups is 7. The maximum atomic E-state index is 14.8. The Morgan fingerprint density at radius 2 is 1.52 bits per heavy atom. The molecule has 4 saturated carbocycles. The van der Waals surface area contributed by atoms with Crippen LogP contribution in [0.1, 0.15) is 150 Å². The highest BCUT2D eigenvalue weighted by molar-refractivity contribution is 7.22. The molecule has 2 saturated heterocycles. The van der Waals surface area contributed by atoms with Crippen molar-refractivity contribution in [2.75, 3.05) is 87.7 Å². The first kappa shape index (κ1) is 70.7. The van der Waals surface area contributed by atoms with Gasteiger partial charge in [0.05, 0.1) is 61.5 Å². The molecule has 26 heteroatoms. The summed E-state index contributed by atoms with van der Waals surface area (Å²) in [6.45, 7) is 20.4. The first-order valence-electron chi connectivity index (χ1n) is 36.2. The smallest absolute Gasteiger partial charge is 0.312 e. The second-order valence-corrected chi connectivity index (χ2v) is 31.8. The van der Waals surface area contributed by atoms with Crippen LogP contribution in [-0.4, -0.2) is 176 Å². The van der Waals surface area contributed by atoms with E-state index in [-0.39, 0.29) is 72.8 Å². The molecule has 25 nitrogen and oxygen atoms in total. The first-order valence-corrected chi connectivity index (χ1v) is 37.0. The standard InChI is InChI=1S/C75H96N16O9S/c1-48(2)63(83-60(92)27-36-99-37-32-89-61(93)25-26-62(89)94)68(96)80-57(17-13-28-77-70(76)98)67(95)79-52-21-19-51(20-22-52)40-91(33-11-12-34-91)35-38-100-75-44-72(5)41-73(6,45-75)43-74(42-72,46-75)47-90-50(4)55(39-78-90)54-23-24-59(82-64(54)69(97)87-29-9-10-30-87)88-31-14-15-53-49(3)65(85-86-66(53)88)84-71-81-56-16-7-8-18-58(56)101-71/h7-8,16,18-26,39,48,57,63H,9-15,17,27-38,40-47H2,1-6H3,(H6-,76,77,79,80,81,83,84,85,92,95,96,98)/p+1/t57-,63-,72?,73?,74?,75?/m0/s1. The minimum atomic E-state index is -1.01. The van der Waals surface area contributed by atoms with Crippen molar-refractivity contribution in [3.8, 4) is 11.1 Å². The number of urea groups is 1. The van der Waals surface area contributed by atoms with Gasteiger partial charge in [-0.1, -0.05) is 63.3 Å². The Kier molecular flexibility index (Phi) is 20.5. The average Bonchev–Trinajstić information content (AvgIpc) is 0.923. The lowest BCUT2D eigenvalue weighted by Gasteiger charge is -2.69. The molecule has 6 aromatic rings. The van der Waals surface area contributed by atoms with E-state index in [0.717, 1.165) is 167 Å². The van der Waals surface area contributed by atoms with Crippen LogP contribution in [0.25, 0.3) is 21.3 Å². The van der Waals surface area contributed by atoms with Gasteiger partial charge in [-0.2, -0.15) is 5.10 Å². The fraction of sp³-hybridized carbons (Fsp3) is 0.547. The minimum Gasteiger partial charge on any atom is -0.379 e. The number of ether oxygens (including phenoxy) is 2. The lowest BCUT2D eigenvalue weighted by atomic mass is 9.39. The zero-order valence-corrected chi connectivity index (χ0v) is 60.0. The van der Waals surface area contributed by atoms with Crippen molar-refractivity contribution >= 4 is 91.3 Å². The number of aromatic nitrogens is 6. The van der Waals surface area contributed by atoms with E-state index in [1.807, 2.05) is 47.5 Å². The van der Waals surface area contributed by atoms with Crippen LogP contribution in [0.5, 0.6) is 0 Å². The highest BCUT2D eigenvalue weighted by Gasteiger charge is 2.66. The molecule has 2 unspecified atom stereocenters. The number of likely N-dealkylation sites (tertiary alicyclic amines) is 2. The molecule has 536 valence electrons. The summed E-state index contributed by atoms with van der Waals surface area (Å²) in [6, 6.07) is 17.4. The van der Waals surface area contributed by atoms with E-state index >= 15 is 0 Å². The van der Waals surface area contributed by atoms with Gasteiger partial charge < -0.3 is 56.1 Å². The zero-order chi connectivity index (χ0) is 70.8. The summed E-state index contributed by atoms with van der Waals surface area (Å²) in [6.07, 6.45) is 17.2. The Labute approximate surface area is 594 Å². The van der Waals surface area contributed by atoms with Crippen LogP contribution in [0.2, 0.25) is 0 Å². The topological polar surface area (TPSA) is 303 Å². The van der Waals surface area contributed by atoms with E-state index in [1.165, 1.54) is 18.6 Å². The van der Waals surface area contributed by atoms with Crippen molar-refractivity contribution in [3.63, 3.8) is 0 Å². The van der Waals surface area contributed by atoms with Gasteiger partial charge >= 0.3 is 6.03 Å². The third kappa shape index (κ3) is 15.7. The number of anilines is 5. The molecule has 8 heterocycles. The molecule has 4 atom stereocenters. The van der Waals surface area contributed by atoms with Crippen molar-refractivity contribution in [3.05, 3.63) is 107 Å². The van der Waals surface area contributed by atoms with Gasteiger partial charge in [0.2, 0.25) is 17.7 Å². The van der Waals surface area contributed by atoms with E-state index in [0.29, 0.717) is 55.7 Å². The largest absolute Gasteiger partial charge is 0.379 e. The molecule has 4 aliphatic carbocycles. The molecule has 4 bridgehead atoms. The van der Waals surface area contributed by atoms with E-state index in [9.17, 15) is 33.6 Å². The number of rotatable bonds is 29. The summed E-state index contributed by atoms with van der Waals surface area (Å²) in [5.74, 6) is -0.563. The van der Waals surface area contributed by atoms with Gasteiger partial charge in [0.1, 0.15) is 36.7 Å². The van der Waals surface area contributed by atoms with Gasteiger partial charge in [-0.05, 0) is 149 Å². The number of carbonyl (C=O) groups excluding carboxylic acids is 7. The van der Waals surface area contributed by atoms with Crippen molar-refractivity contribution in [1.82, 2.24) is 55.7 Å². The SMILES string of the molecule is Cc1c(Nc2nc3ccccc3s2)nnc2c1CCCN2c1ccc(-c2cnn(CC34CC5(C)CC(C)(C3)CC(OCC[N+]3(Cc6ccc(NC(=O)[C@H](CCCNC(N)=O)NC(=O)[C@@H](NC(=O)CCOCCN7C(=O)C=CC7=O)C(C)C)cc6)CCCC3)(C5)C4)c2C)c(C(=O)N2CCCC2)n1. The van der Waals surface area contributed by atoms with Gasteiger partial charge in [-0.15, -0.1) is 10.2 Å². The van der Waals surface area contributed by atoms with Crippen molar-refractivity contribution in [2.45, 2.75) is 169 Å². The van der Waals surface area contributed by atoms with Gasteiger partial charge in [-0.3, -0.25) is 38.3 Å². The fourth-order valence-corrected chi connectivity index (χ4v) is 19.3. The second-order valence-electron chi connectivity index (χ2n) is 30.8. The fourth-order valence-electron chi connectivity index (χ4n) is 18.5. The van der Waals surface area contributed by atoms with Gasteiger partial charge in [0, 0.05) is 103 Å². The number of pyridine rings is 1. The number of nitrogens with two attached hydrogens (primary N) is 1. The summed E-state index contributed by atoms with van der Waals surface area (Å²) in [5, 5.41) is 30.1. The van der Waals surface area contributed by atoms with Crippen molar-refractivity contribution < 1.29 is 47.5 Å². The second kappa shape index (κ2) is 29.3. The predicted molar refractivity (Wildman–Crippen MR) is 385 cm³/mol. The van der Waals surface area contributed by atoms with Gasteiger partial charge in [-0.25, -0.2) is 14.8 Å². The van der Waals surface area contributed by atoms with Crippen LogP contribution >= 0.6 is 11.3 Å². The molecular weight excluding hydrogens is 1300 g/mol. The molecule has 4 aromatic heterocycles. The Morgan fingerprint density at radius 1 is 0.782 bits per heavy atom. The number of nitrogens with one attached hydrogen (secondary N) is 5. The number of hydrogen-bond acceptors (Lipinski definition) is 17. The summed E-state index contributed by atoms with van der Waals surface area (Å²) >= 11 is 1.59. The van der Waals surface area contributed by atoms with Crippen LogP contribution in [0, 0.1) is 36.0 Å². The lowest BCUT2D eigenvalue weighted by Crippen LogP contribution is -2.64. The molecule has 4 aliphatic heterocycles. The Hall–Kier alpha value is -8.72. The van der Waals surface area contributed by atoms with Gasteiger partial charge in [0.15, 0.2) is 16.8 Å². The number of para-hydroxylation sites is 1. The highest BCUT2D eigenvalue weighted by Crippen LogP contribution is 2.72. The normalized spacial score (nSPS) is 23.2. The maximum Gasteiger partial charge on any atom is 0.312 e. The number of benzene rings is 2. The number of nitrogens with zero attached hydrogens (tertiary/aromatic N) is 10. The summed E-state index contributed by atoms with van der Waals surface area (Å²) < 4.78 is 17.2. The summed E-state index contributed by atoms with van der Waals surface area (Å²) in [7, 11) is 0. The third-order valence-corrected chi connectivity index (χ3v) is 23.1. The zero-order valence-electron chi connectivity index (χ0n) is 59.2. The number of amides is 8. The Balaban J connectivity index is 0.651. The Bertz CT molecular complexity index is 4090. The summed E-state index contributed by atoms with van der Waals surface area (Å²) in [5.41, 5.74) is 13.2. The number of quaternary nitrogens is 1. The molecule has 101 heavy (non-hydrogen) atoms. The van der Waals surface area contributed by atoms with Crippen LogP contribution < -0.4 is 37.2 Å². The molecule has 6 fully saturated rings. The minimum absolute atomic E-state index is 0.00244. The van der Waals surface area contributed by atoms with Crippen LogP contribution in [0.4, 0.5) is 33.1 Å². The average molecular weight is 1400 g/mol. The van der Waals surface area contributed by atoms with Gasteiger partial charge in [0.25, 0.3) is 17.7 Å².